The number of likely N-dealkylation sites (tertiary alicyclic amines) is 1. The third-order valence-corrected chi connectivity index (χ3v) is 2.77. The molecule has 1 heterocycles. The molecule has 14 heavy (non-hydrogen) atoms. The summed E-state index contributed by atoms with van der Waals surface area (Å²) in [6.07, 6.45) is 8.09. The van der Waals surface area contributed by atoms with Crippen molar-refractivity contribution in [3.63, 3.8) is 0 Å². The third-order valence-electron chi connectivity index (χ3n) is 2.77. The molecule has 0 aromatic heterocycles. The standard InChI is InChI=1S/C12H21NO/c1-3-4-5-8-12(14)13-9-6-7-11(2)10-13/h3-4,11H,5-10H2,1-2H3/b4-3-. The van der Waals surface area contributed by atoms with Gasteiger partial charge in [0.2, 0.25) is 5.91 Å². The molecule has 1 aliphatic heterocycles. The van der Waals surface area contributed by atoms with E-state index in [1.807, 2.05) is 17.9 Å². The molecule has 80 valence electrons. The van der Waals surface area contributed by atoms with Crippen LogP contribution in [0, 0.1) is 5.92 Å². The van der Waals surface area contributed by atoms with Crippen LogP contribution in [0.1, 0.15) is 39.5 Å². The van der Waals surface area contributed by atoms with Crippen LogP contribution >= 0.6 is 0 Å². The Morgan fingerprint density at radius 1 is 1.57 bits per heavy atom. The summed E-state index contributed by atoms with van der Waals surface area (Å²) in [7, 11) is 0. The minimum atomic E-state index is 0.328. The summed E-state index contributed by atoms with van der Waals surface area (Å²) in [5.74, 6) is 1.02. The molecule has 1 atom stereocenters. The van der Waals surface area contributed by atoms with E-state index in [2.05, 4.69) is 13.0 Å². The lowest BCUT2D eigenvalue weighted by Gasteiger charge is -2.30. The molecule has 0 radical (unpaired) electrons. The van der Waals surface area contributed by atoms with Gasteiger partial charge in [0, 0.05) is 19.5 Å². The monoisotopic (exact) mass is 195 g/mol. The van der Waals surface area contributed by atoms with E-state index in [0.29, 0.717) is 18.2 Å². The van der Waals surface area contributed by atoms with Crippen molar-refractivity contribution >= 4 is 5.91 Å². The summed E-state index contributed by atoms with van der Waals surface area (Å²) in [4.78, 5) is 13.7. The number of allylic oxidation sites excluding steroid dienone is 2. The van der Waals surface area contributed by atoms with Gasteiger partial charge in [0.15, 0.2) is 0 Å². The van der Waals surface area contributed by atoms with Crippen LogP contribution in [0.25, 0.3) is 0 Å². The summed E-state index contributed by atoms with van der Waals surface area (Å²) in [6.45, 7) is 6.16. The van der Waals surface area contributed by atoms with Gasteiger partial charge in [0.1, 0.15) is 0 Å². The van der Waals surface area contributed by atoms with Crippen LogP contribution in [-0.4, -0.2) is 23.9 Å². The second kappa shape index (κ2) is 5.84. The molecular formula is C12H21NO. The first kappa shape index (κ1) is 11.3. The second-order valence-corrected chi connectivity index (χ2v) is 4.19. The zero-order valence-corrected chi connectivity index (χ0v) is 9.33. The van der Waals surface area contributed by atoms with Crippen LogP contribution < -0.4 is 0 Å². The summed E-state index contributed by atoms with van der Waals surface area (Å²) in [5.41, 5.74) is 0. The first-order valence-corrected chi connectivity index (χ1v) is 5.63. The molecule has 1 unspecified atom stereocenters. The van der Waals surface area contributed by atoms with Crippen molar-refractivity contribution in [1.82, 2.24) is 4.90 Å². The van der Waals surface area contributed by atoms with Gasteiger partial charge >= 0.3 is 0 Å². The molecule has 1 fully saturated rings. The first-order chi connectivity index (χ1) is 6.74. The van der Waals surface area contributed by atoms with Gasteiger partial charge in [-0.1, -0.05) is 19.1 Å². The van der Waals surface area contributed by atoms with E-state index < -0.39 is 0 Å². The van der Waals surface area contributed by atoms with E-state index in [1.54, 1.807) is 0 Å². The maximum absolute atomic E-state index is 11.7. The minimum Gasteiger partial charge on any atom is -0.342 e. The van der Waals surface area contributed by atoms with Crippen molar-refractivity contribution in [3.05, 3.63) is 12.2 Å². The number of hydrogen-bond acceptors (Lipinski definition) is 1. The Morgan fingerprint density at radius 2 is 2.36 bits per heavy atom. The molecule has 2 nitrogen and oxygen atoms in total. The van der Waals surface area contributed by atoms with E-state index in [-0.39, 0.29) is 0 Å². The fourth-order valence-corrected chi connectivity index (χ4v) is 1.95. The predicted octanol–water partition coefficient (Wildman–Crippen LogP) is 2.60. The molecule has 0 bridgehead atoms. The van der Waals surface area contributed by atoms with Crippen molar-refractivity contribution in [1.29, 1.82) is 0 Å². The fourth-order valence-electron chi connectivity index (χ4n) is 1.95. The molecular weight excluding hydrogens is 174 g/mol. The average Bonchev–Trinajstić information content (AvgIpc) is 2.18. The minimum absolute atomic E-state index is 0.328. The predicted molar refractivity (Wildman–Crippen MR) is 59.0 cm³/mol. The van der Waals surface area contributed by atoms with E-state index in [9.17, 15) is 4.79 Å². The number of carbonyl (C=O) groups excluding carboxylic acids is 1. The molecule has 0 spiro atoms. The highest BCUT2D eigenvalue weighted by Gasteiger charge is 2.19. The van der Waals surface area contributed by atoms with Gasteiger partial charge < -0.3 is 4.90 Å². The number of piperidine rings is 1. The fraction of sp³-hybridized carbons (Fsp3) is 0.750. The molecule has 2 heteroatoms. The largest absolute Gasteiger partial charge is 0.342 e. The lowest BCUT2D eigenvalue weighted by molar-refractivity contribution is -0.132. The Morgan fingerprint density at radius 3 is 3.00 bits per heavy atom. The third kappa shape index (κ3) is 3.52. The van der Waals surface area contributed by atoms with E-state index in [1.165, 1.54) is 12.8 Å². The van der Waals surface area contributed by atoms with Crippen molar-refractivity contribution < 1.29 is 4.79 Å². The zero-order valence-electron chi connectivity index (χ0n) is 9.33. The van der Waals surface area contributed by atoms with Crippen LogP contribution in [0.3, 0.4) is 0 Å². The lowest BCUT2D eigenvalue weighted by atomic mass is 10.00. The van der Waals surface area contributed by atoms with E-state index in [4.69, 9.17) is 0 Å². The summed E-state index contributed by atoms with van der Waals surface area (Å²) in [5, 5.41) is 0. The highest BCUT2D eigenvalue weighted by Crippen LogP contribution is 2.16. The highest BCUT2D eigenvalue weighted by molar-refractivity contribution is 5.76. The first-order valence-electron chi connectivity index (χ1n) is 5.63. The van der Waals surface area contributed by atoms with Crippen molar-refractivity contribution in [2.75, 3.05) is 13.1 Å². The lowest BCUT2D eigenvalue weighted by Crippen LogP contribution is -2.38. The second-order valence-electron chi connectivity index (χ2n) is 4.19. The summed E-state index contributed by atoms with van der Waals surface area (Å²) < 4.78 is 0. The molecule has 1 aliphatic rings. The van der Waals surface area contributed by atoms with Gasteiger partial charge in [-0.15, -0.1) is 0 Å². The van der Waals surface area contributed by atoms with Crippen molar-refractivity contribution in [2.45, 2.75) is 39.5 Å². The van der Waals surface area contributed by atoms with Crippen molar-refractivity contribution in [2.24, 2.45) is 5.92 Å². The quantitative estimate of drug-likeness (QED) is 0.634. The Balaban J connectivity index is 2.28. The van der Waals surface area contributed by atoms with E-state index in [0.717, 1.165) is 19.5 Å². The average molecular weight is 195 g/mol. The number of hydrogen-bond donors (Lipinski definition) is 0. The van der Waals surface area contributed by atoms with Gasteiger partial charge in [-0.2, -0.15) is 0 Å². The topological polar surface area (TPSA) is 20.3 Å². The number of nitrogens with zero attached hydrogens (tertiary/aromatic N) is 1. The molecule has 1 amide bonds. The maximum Gasteiger partial charge on any atom is 0.222 e. The molecule has 0 aromatic carbocycles. The van der Waals surface area contributed by atoms with Crippen LogP contribution in [0.5, 0.6) is 0 Å². The van der Waals surface area contributed by atoms with Gasteiger partial charge in [-0.25, -0.2) is 0 Å². The zero-order chi connectivity index (χ0) is 10.4. The van der Waals surface area contributed by atoms with Crippen LogP contribution in [0.4, 0.5) is 0 Å². The van der Waals surface area contributed by atoms with Crippen molar-refractivity contribution in [3.8, 4) is 0 Å². The Labute approximate surface area is 87.0 Å². The molecule has 0 aliphatic carbocycles. The summed E-state index contributed by atoms with van der Waals surface area (Å²) in [6, 6.07) is 0. The van der Waals surface area contributed by atoms with Gasteiger partial charge in [-0.3, -0.25) is 4.79 Å². The van der Waals surface area contributed by atoms with Gasteiger partial charge in [-0.05, 0) is 32.1 Å². The smallest absolute Gasteiger partial charge is 0.222 e. The van der Waals surface area contributed by atoms with Crippen LogP contribution in [0.2, 0.25) is 0 Å². The van der Waals surface area contributed by atoms with Crippen LogP contribution in [0.15, 0.2) is 12.2 Å². The molecule has 0 saturated carbocycles. The normalized spacial score (nSPS) is 23.0. The Bertz CT molecular complexity index is 210. The molecule has 1 saturated heterocycles. The van der Waals surface area contributed by atoms with Crippen LogP contribution in [-0.2, 0) is 4.79 Å². The number of rotatable bonds is 3. The van der Waals surface area contributed by atoms with E-state index >= 15 is 0 Å². The molecule has 0 aromatic rings. The number of amides is 1. The Kier molecular flexibility index (Phi) is 4.71. The highest BCUT2D eigenvalue weighted by atomic mass is 16.2. The number of carbonyl (C=O) groups is 1. The van der Waals surface area contributed by atoms with Gasteiger partial charge in [0.25, 0.3) is 0 Å². The maximum atomic E-state index is 11.7. The molecule has 0 N–H and O–H groups in total. The molecule has 1 rings (SSSR count). The summed E-state index contributed by atoms with van der Waals surface area (Å²) >= 11 is 0. The Hall–Kier alpha value is -0.790. The SMILES string of the molecule is C/C=C\CCC(=O)N1CCCC(C)C1. The van der Waals surface area contributed by atoms with Gasteiger partial charge in [0.05, 0.1) is 0 Å².